The summed E-state index contributed by atoms with van der Waals surface area (Å²) in [5.41, 5.74) is 0.333. The Labute approximate surface area is 98.6 Å². The van der Waals surface area contributed by atoms with E-state index in [0.717, 1.165) is 6.42 Å². The van der Waals surface area contributed by atoms with Crippen LogP contribution in [-0.2, 0) is 11.3 Å². The van der Waals surface area contributed by atoms with Gasteiger partial charge in [-0.15, -0.1) is 0 Å². The van der Waals surface area contributed by atoms with Crippen LogP contribution in [0.15, 0.2) is 23.1 Å². The van der Waals surface area contributed by atoms with Crippen LogP contribution in [0.1, 0.15) is 23.8 Å². The minimum Gasteiger partial charge on any atom is -0.356 e. The predicted molar refractivity (Wildman–Crippen MR) is 60.7 cm³/mol. The number of carbonyl (C=O) groups is 1. The monoisotopic (exact) mass is 234 g/mol. The summed E-state index contributed by atoms with van der Waals surface area (Å²) in [4.78, 5) is 25.4. The number of pyridine rings is 1. The molecule has 5 heteroatoms. The Hall–Kier alpha value is -1.62. The van der Waals surface area contributed by atoms with Gasteiger partial charge < -0.3 is 14.2 Å². The van der Waals surface area contributed by atoms with Crippen LogP contribution < -0.4 is 5.43 Å². The van der Waals surface area contributed by atoms with E-state index in [1.165, 1.54) is 12.1 Å². The zero-order valence-corrected chi connectivity index (χ0v) is 9.63. The van der Waals surface area contributed by atoms with E-state index in [2.05, 4.69) is 0 Å². The van der Waals surface area contributed by atoms with Crippen molar-refractivity contribution in [2.75, 3.05) is 6.61 Å². The van der Waals surface area contributed by atoms with E-state index in [0.29, 0.717) is 18.8 Å². The van der Waals surface area contributed by atoms with E-state index in [1.54, 1.807) is 15.7 Å². The molecule has 1 aromatic rings. The van der Waals surface area contributed by atoms with Crippen LogP contribution >= 0.6 is 0 Å². The second-order valence-electron chi connectivity index (χ2n) is 4.58. The third-order valence-electron chi connectivity index (χ3n) is 3.44. The first-order valence-electron chi connectivity index (χ1n) is 5.81. The molecule has 0 bridgehead atoms. The fourth-order valence-electron chi connectivity index (χ4n) is 2.50. The van der Waals surface area contributed by atoms with Crippen molar-refractivity contribution in [3.05, 3.63) is 34.2 Å². The lowest BCUT2D eigenvalue weighted by Gasteiger charge is -2.44. The normalized spacial score (nSPS) is 27.6. The molecule has 5 nitrogen and oxygen atoms in total. The van der Waals surface area contributed by atoms with E-state index in [4.69, 9.17) is 4.74 Å². The first kappa shape index (κ1) is 10.5. The van der Waals surface area contributed by atoms with Gasteiger partial charge in [0.25, 0.3) is 5.91 Å². The zero-order valence-electron chi connectivity index (χ0n) is 9.63. The Balaban J connectivity index is 2.07. The molecule has 2 aliphatic rings. The molecule has 1 aromatic heterocycles. The highest BCUT2D eigenvalue weighted by Gasteiger charge is 2.38. The molecule has 0 radical (unpaired) electrons. The van der Waals surface area contributed by atoms with Crippen LogP contribution in [-0.4, -0.2) is 34.3 Å². The molecule has 1 unspecified atom stereocenters. The summed E-state index contributed by atoms with van der Waals surface area (Å²) in [6, 6.07) is 3.05. The highest BCUT2D eigenvalue weighted by atomic mass is 16.5. The fraction of sp³-hybridized carbons (Fsp3) is 0.500. The highest BCUT2D eigenvalue weighted by Crippen LogP contribution is 2.25. The summed E-state index contributed by atoms with van der Waals surface area (Å²) >= 11 is 0. The van der Waals surface area contributed by atoms with Gasteiger partial charge in [-0.25, -0.2) is 0 Å². The Morgan fingerprint density at radius 2 is 2.24 bits per heavy atom. The third kappa shape index (κ3) is 1.58. The minimum absolute atomic E-state index is 0.105. The Kier molecular flexibility index (Phi) is 2.29. The molecule has 0 spiro atoms. The number of ether oxygens (including phenoxy) is 1. The topological polar surface area (TPSA) is 51.5 Å². The van der Waals surface area contributed by atoms with Gasteiger partial charge >= 0.3 is 0 Å². The zero-order chi connectivity index (χ0) is 12.0. The van der Waals surface area contributed by atoms with Gasteiger partial charge in [0.15, 0.2) is 11.7 Å². The first-order valence-corrected chi connectivity index (χ1v) is 5.81. The second-order valence-corrected chi connectivity index (χ2v) is 4.58. The molecule has 1 saturated heterocycles. The van der Waals surface area contributed by atoms with E-state index >= 15 is 0 Å². The maximum Gasteiger partial charge on any atom is 0.272 e. The molecule has 0 saturated carbocycles. The van der Waals surface area contributed by atoms with Gasteiger partial charge in [-0.1, -0.05) is 0 Å². The van der Waals surface area contributed by atoms with Crippen LogP contribution in [0.3, 0.4) is 0 Å². The molecular formula is C12H14N2O3. The predicted octanol–water partition coefficient (Wildman–Crippen LogP) is 0.439. The number of amides is 1. The molecule has 2 aliphatic heterocycles. The van der Waals surface area contributed by atoms with Crippen molar-refractivity contribution in [3.63, 3.8) is 0 Å². The number of carbonyl (C=O) groups excluding carboxylic acids is 1. The summed E-state index contributed by atoms with van der Waals surface area (Å²) in [7, 11) is 0. The molecule has 90 valence electrons. The molecule has 0 aliphatic carbocycles. The maximum absolute atomic E-state index is 12.3. The van der Waals surface area contributed by atoms with Crippen LogP contribution in [0.5, 0.6) is 0 Å². The Morgan fingerprint density at radius 3 is 3.06 bits per heavy atom. The second kappa shape index (κ2) is 3.70. The number of fused-ring (bicyclic) bond motifs is 2. The van der Waals surface area contributed by atoms with E-state index in [9.17, 15) is 9.59 Å². The standard InChI is InChI=1S/C12H14N2O3/c1-8-3-5-17-11-7-13-4-2-9(15)6-10(13)12(16)14(8)11/h2,4,6,8,11H,3,5,7H2,1H3/t8?,11-/m0/s1. The average molecular weight is 234 g/mol. The average Bonchev–Trinajstić information content (AvgIpc) is 2.30. The smallest absolute Gasteiger partial charge is 0.272 e. The molecule has 17 heavy (non-hydrogen) atoms. The van der Waals surface area contributed by atoms with E-state index in [1.807, 2.05) is 6.92 Å². The number of aromatic nitrogens is 1. The molecule has 2 atom stereocenters. The highest BCUT2D eigenvalue weighted by molar-refractivity contribution is 5.93. The van der Waals surface area contributed by atoms with Crippen molar-refractivity contribution in [1.29, 1.82) is 0 Å². The van der Waals surface area contributed by atoms with Gasteiger partial charge in [0, 0.05) is 24.4 Å². The lowest BCUT2D eigenvalue weighted by molar-refractivity contribution is -0.112. The molecule has 0 aromatic carbocycles. The lowest BCUT2D eigenvalue weighted by atomic mass is 10.1. The van der Waals surface area contributed by atoms with Crippen molar-refractivity contribution < 1.29 is 9.53 Å². The van der Waals surface area contributed by atoms with Gasteiger partial charge in [0.2, 0.25) is 0 Å². The third-order valence-corrected chi connectivity index (χ3v) is 3.44. The SMILES string of the molecule is CC1CCO[C@H]2Cn3ccc(=O)cc3C(=O)N12. The maximum atomic E-state index is 12.3. The summed E-state index contributed by atoms with van der Waals surface area (Å²) in [6.07, 6.45) is 2.32. The Morgan fingerprint density at radius 1 is 1.41 bits per heavy atom. The van der Waals surface area contributed by atoms with E-state index in [-0.39, 0.29) is 23.6 Å². The summed E-state index contributed by atoms with van der Waals surface area (Å²) in [6.45, 7) is 3.31. The van der Waals surface area contributed by atoms with Crippen molar-refractivity contribution >= 4 is 5.91 Å². The quantitative estimate of drug-likeness (QED) is 0.654. The Bertz CT molecular complexity index is 523. The van der Waals surface area contributed by atoms with Gasteiger partial charge in [-0.05, 0) is 13.3 Å². The summed E-state index contributed by atoms with van der Waals surface area (Å²) in [5.74, 6) is -0.105. The molecule has 3 rings (SSSR count). The summed E-state index contributed by atoms with van der Waals surface area (Å²) < 4.78 is 7.41. The molecule has 1 fully saturated rings. The summed E-state index contributed by atoms with van der Waals surface area (Å²) in [5, 5.41) is 0. The molecule has 3 heterocycles. The largest absolute Gasteiger partial charge is 0.356 e. The first-order chi connectivity index (χ1) is 8.16. The van der Waals surface area contributed by atoms with Gasteiger partial charge in [0.1, 0.15) is 5.69 Å². The van der Waals surface area contributed by atoms with Crippen molar-refractivity contribution in [2.45, 2.75) is 32.2 Å². The van der Waals surface area contributed by atoms with Crippen LogP contribution in [0.4, 0.5) is 0 Å². The minimum atomic E-state index is -0.193. The van der Waals surface area contributed by atoms with Crippen molar-refractivity contribution in [3.8, 4) is 0 Å². The fourth-order valence-corrected chi connectivity index (χ4v) is 2.50. The lowest BCUT2D eigenvalue weighted by Crippen LogP contribution is -2.56. The number of rotatable bonds is 0. The van der Waals surface area contributed by atoms with Crippen molar-refractivity contribution in [2.24, 2.45) is 0 Å². The van der Waals surface area contributed by atoms with Gasteiger partial charge in [-0.2, -0.15) is 0 Å². The van der Waals surface area contributed by atoms with Crippen LogP contribution in [0.25, 0.3) is 0 Å². The van der Waals surface area contributed by atoms with Crippen molar-refractivity contribution in [1.82, 2.24) is 9.47 Å². The number of nitrogens with zero attached hydrogens (tertiary/aromatic N) is 2. The number of hydrogen-bond acceptors (Lipinski definition) is 3. The van der Waals surface area contributed by atoms with Gasteiger partial charge in [0.05, 0.1) is 13.2 Å². The molecule has 1 amide bonds. The molecular weight excluding hydrogens is 220 g/mol. The van der Waals surface area contributed by atoms with E-state index < -0.39 is 0 Å². The van der Waals surface area contributed by atoms with Crippen LogP contribution in [0.2, 0.25) is 0 Å². The van der Waals surface area contributed by atoms with Crippen LogP contribution in [0, 0.1) is 0 Å². The number of hydrogen-bond donors (Lipinski definition) is 0. The van der Waals surface area contributed by atoms with Gasteiger partial charge in [-0.3, -0.25) is 9.59 Å². The molecule has 0 N–H and O–H groups in total.